The Hall–Kier alpha value is -2.74. The van der Waals surface area contributed by atoms with Crippen LogP contribution in [0.25, 0.3) is 10.9 Å². The average molecular weight is 429 g/mol. The molecule has 0 radical (unpaired) electrons. The Morgan fingerprint density at radius 2 is 1.97 bits per heavy atom. The quantitative estimate of drug-likeness (QED) is 0.631. The third-order valence-corrected chi connectivity index (χ3v) is 5.94. The van der Waals surface area contributed by atoms with Gasteiger partial charge in [0.15, 0.2) is 5.69 Å². The van der Waals surface area contributed by atoms with E-state index in [-0.39, 0.29) is 29.6 Å². The van der Waals surface area contributed by atoms with Crippen LogP contribution in [0.5, 0.6) is 0 Å². The first kappa shape index (κ1) is 22.9. The number of carbonyl (C=O) groups excluding carboxylic acids is 2. The Bertz CT molecular complexity index is 939. The van der Waals surface area contributed by atoms with Crippen LogP contribution in [0.15, 0.2) is 18.2 Å². The molecule has 0 unspecified atom stereocenters. The molecule has 168 valence electrons. The van der Waals surface area contributed by atoms with Crippen molar-refractivity contribution in [2.24, 2.45) is 11.3 Å². The van der Waals surface area contributed by atoms with Crippen molar-refractivity contribution in [1.82, 2.24) is 20.4 Å². The third kappa shape index (κ3) is 5.91. The van der Waals surface area contributed by atoms with Crippen molar-refractivity contribution < 1.29 is 19.5 Å². The minimum absolute atomic E-state index is 0.0166. The minimum Gasteiger partial charge on any atom is -0.483 e. The largest absolute Gasteiger partial charge is 0.483 e. The molecular weight excluding hydrogens is 396 g/mol. The molecule has 3 N–H and O–H groups in total. The van der Waals surface area contributed by atoms with Crippen molar-refractivity contribution in [3.8, 4) is 0 Å². The second-order valence-electron chi connectivity index (χ2n) is 9.73. The van der Waals surface area contributed by atoms with Gasteiger partial charge < -0.3 is 15.3 Å². The number of Topliss-reactive ketones (excluding diaryl/α,β-unsaturated/α-hetero) is 1. The fourth-order valence-corrected chi connectivity index (χ4v) is 4.59. The first-order valence-corrected chi connectivity index (χ1v) is 10.8. The van der Waals surface area contributed by atoms with Crippen LogP contribution < -0.4 is 5.32 Å². The average Bonchev–Trinajstić information content (AvgIpc) is 3.11. The molecule has 3 aliphatic rings. The highest BCUT2D eigenvalue weighted by Gasteiger charge is 2.35. The van der Waals surface area contributed by atoms with Gasteiger partial charge in [0.05, 0.1) is 5.52 Å². The number of benzene rings is 1. The lowest BCUT2D eigenvalue weighted by Crippen LogP contribution is -2.57. The number of amides is 1. The number of nitrogens with one attached hydrogen (secondary N) is 2. The van der Waals surface area contributed by atoms with E-state index < -0.39 is 0 Å². The summed E-state index contributed by atoms with van der Waals surface area (Å²) in [6, 6.07) is 5.99. The van der Waals surface area contributed by atoms with E-state index >= 15 is 0 Å². The molecule has 3 aliphatic heterocycles. The number of ketones is 1. The number of aromatic nitrogens is 2. The van der Waals surface area contributed by atoms with E-state index in [4.69, 9.17) is 9.90 Å². The zero-order chi connectivity index (χ0) is 22.6. The van der Waals surface area contributed by atoms with Crippen molar-refractivity contribution >= 4 is 29.1 Å². The van der Waals surface area contributed by atoms with E-state index in [1.807, 2.05) is 18.2 Å². The molecule has 8 nitrogen and oxygen atoms in total. The van der Waals surface area contributed by atoms with Gasteiger partial charge in [-0.2, -0.15) is 5.10 Å². The smallest absolute Gasteiger partial charge is 0.290 e. The molecule has 0 spiro atoms. The van der Waals surface area contributed by atoms with Gasteiger partial charge in [-0.3, -0.25) is 19.5 Å². The van der Waals surface area contributed by atoms with E-state index in [1.54, 1.807) is 0 Å². The van der Waals surface area contributed by atoms with Crippen LogP contribution in [-0.4, -0.2) is 64.0 Å². The summed E-state index contributed by atoms with van der Waals surface area (Å²) >= 11 is 0. The molecule has 2 bridgehead atoms. The first-order chi connectivity index (χ1) is 14.7. The molecule has 0 saturated carbocycles. The van der Waals surface area contributed by atoms with Gasteiger partial charge in [0.1, 0.15) is 5.78 Å². The number of nitrogens with zero attached hydrogens (tertiary/aromatic N) is 2. The van der Waals surface area contributed by atoms with Gasteiger partial charge in [-0.05, 0) is 55.0 Å². The van der Waals surface area contributed by atoms with Crippen molar-refractivity contribution in [3.63, 3.8) is 0 Å². The lowest BCUT2D eigenvalue weighted by Gasteiger charge is -2.44. The van der Waals surface area contributed by atoms with E-state index in [9.17, 15) is 9.59 Å². The maximum absolute atomic E-state index is 12.9. The summed E-state index contributed by atoms with van der Waals surface area (Å²) in [5, 5.41) is 18.1. The summed E-state index contributed by atoms with van der Waals surface area (Å²) in [5.41, 5.74) is 2.17. The van der Waals surface area contributed by atoms with Crippen LogP contribution in [0.1, 0.15) is 56.1 Å². The Kier molecular flexibility index (Phi) is 7.10. The van der Waals surface area contributed by atoms with E-state index in [2.05, 4.69) is 41.2 Å². The van der Waals surface area contributed by atoms with Crippen LogP contribution in [0.3, 0.4) is 0 Å². The topological polar surface area (TPSA) is 115 Å². The summed E-state index contributed by atoms with van der Waals surface area (Å²) in [5.74, 6) is 0.668. The molecule has 1 aromatic heterocycles. The normalized spacial score (nSPS) is 22.5. The molecular formula is C23H32N4O4. The number of hydrogen-bond donors (Lipinski definition) is 3. The summed E-state index contributed by atoms with van der Waals surface area (Å²) in [6.45, 7) is 9.19. The van der Waals surface area contributed by atoms with Crippen molar-refractivity contribution in [2.45, 2.75) is 52.5 Å². The molecule has 1 atom stereocenters. The highest BCUT2D eigenvalue weighted by molar-refractivity contribution is 6.05. The second-order valence-corrected chi connectivity index (χ2v) is 9.73. The molecule has 3 fully saturated rings. The highest BCUT2D eigenvalue weighted by atomic mass is 16.3. The monoisotopic (exact) mass is 428 g/mol. The SMILES string of the molecule is CC(C)(C)CC(=O)Cc1ccc2[nH]nc(C(=O)N[C@H]3CN4CCC3CC4)c2c1.O=CO. The number of fused-ring (bicyclic) bond motifs is 4. The Balaban J connectivity index is 0.000000858. The predicted molar refractivity (Wildman–Crippen MR) is 118 cm³/mol. The van der Waals surface area contributed by atoms with Crippen LogP contribution >= 0.6 is 0 Å². The number of H-pyrrole nitrogens is 1. The second kappa shape index (κ2) is 9.60. The fraction of sp³-hybridized carbons (Fsp3) is 0.565. The predicted octanol–water partition coefficient (Wildman–Crippen LogP) is 2.64. The minimum atomic E-state index is -0.250. The summed E-state index contributed by atoms with van der Waals surface area (Å²) in [7, 11) is 0. The summed E-state index contributed by atoms with van der Waals surface area (Å²) < 4.78 is 0. The highest BCUT2D eigenvalue weighted by Crippen LogP contribution is 2.28. The van der Waals surface area contributed by atoms with E-state index in [1.165, 1.54) is 0 Å². The third-order valence-electron chi connectivity index (χ3n) is 5.94. The van der Waals surface area contributed by atoms with Gasteiger partial charge >= 0.3 is 0 Å². The number of rotatable bonds is 5. The number of piperidine rings is 3. The van der Waals surface area contributed by atoms with Crippen molar-refractivity contribution in [2.75, 3.05) is 19.6 Å². The van der Waals surface area contributed by atoms with Crippen molar-refractivity contribution in [3.05, 3.63) is 29.5 Å². The summed E-state index contributed by atoms with van der Waals surface area (Å²) in [6.07, 6.45) is 3.25. The van der Waals surface area contributed by atoms with Gasteiger partial charge in [0.2, 0.25) is 0 Å². The van der Waals surface area contributed by atoms with Gasteiger partial charge in [-0.1, -0.05) is 26.8 Å². The van der Waals surface area contributed by atoms with Gasteiger partial charge in [0, 0.05) is 30.8 Å². The molecule has 1 amide bonds. The number of hydrogen-bond acceptors (Lipinski definition) is 5. The molecule has 0 aliphatic carbocycles. The zero-order valence-corrected chi connectivity index (χ0v) is 18.5. The maximum atomic E-state index is 12.9. The van der Waals surface area contributed by atoms with E-state index in [0.717, 1.165) is 48.9 Å². The molecule has 5 rings (SSSR count). The molecule has 2 aromatic rings. The maximum Gasteiger partial charge on any atom is 0.290 e. The Morgan fingerprint density at radius 3 is 2.55 bits per heavy atom. The number of carboxylic acid groups (broad SMARTS) is 1. The van der Waals surface area contributed by atoms with Gasteiger partial charge in [-0.25, -0.2) is 0 Å². The molecule has 31 heavy (non-hydrogen) atoms. The fourth-order valence-electron chi connectivity index (χ4n) is 4.59. The van der Waals surface area contributed by atoms with Crippen LogP contribution in [0.2, 0.25) is 0 Å². The van der Waals surface area contributed by atoms with Gasteiger partial charge in [0.25, 0.3) is 12.4 Å². The zero-order valence-electron chi connectivity index (χ0n) is 18.5. The molecule has 3 saturated heterocycles. The standard InChI is InChI=1S/C22H30N4O2.CH2O2/c1-22(2,3)12-16(27)10-14-4-5-18-17(11-14)20(25-24-18)21(28)23-19-13-26-8-6-15(19)7-9-26;2-1-3/h4-5,11,15,19H,6-10,12-13H2,1-3H3,(H,23,28)(H,24,25);1H,(H,2,3)/t19-;/m0./s1. The number of carbonyl (C=O) groups is 3. The van der Waals surface area contributed by atoms with Gasteiger partial charge in [-0.15, -0.1) is 0 Å². The summed E-state index contributed by atoms with van der Waals surface area (Å²) in [4.78, 5) is 36.0. The van der Waals surface area contributed by atoms with Crippen LogP contribution in [0, 0.1) is 11.3 Å². The first-order valence-electron chi connectivity index (χ1n) is 10.8. The molecule has 1 aromatic carbocycles. The lowest BCUT2D eigenvalue weighted by atomic mass is 9.84. The molecule has 8 heteroatoms. The van der Waals surface area contributed by atoms with Crippen LogP contribution in [-0.2, 0) is 16.0 Å². The van der Waals surface area contributed by atoms with E-state index in [0.29, 0.717) is 24.5 Å². The lowest BCUT2D eigenvalue weighted by molar-refractivity contribution is -0.123. The van der Waals surface area contributed by atoms with Crippen LogP contribution in [0.4, 0.5) is 0 Å². The van der Waals surface area contributed by atoms with Crippen molar-refractivity contribution in [1.29, 1.82) is 0 Å². The Morgan fingerprint density at radius 1 is 1.29 bits per heavy atom. The Labute approximate surface area is 182 Å². The number of aromatic amines is 1. The molecule has 4 heterocycles.